The number of benzene rings is 2. The number of pyridine rings is 1. The predicted octanol–water partition coefficient (Wildman–Crippen LogP) is 3.60. The molecule has 0 spiro atoms. The van der Waals surface area contributed by atoms with Crippen LogP contribution in [0.3, 0.4) is 0 Å². The first kappa shape index (κ1) is 18.2. The molecule has 30 heavy (non-hydrogen) atoms. The lowest BCUT2D eigenvalue weighted by molar-refractivity contribution is 0.0952. The zero-order valence-corrected chi connectivity index (χ0v) is 16.7. The number of para-hydroxylation sites is 1. The molecule has 7 heteroatoms. The molecular formula is C23H20N4O3. The van der Waals surface area contributed by atoms with Crippen molar-refractivity contribution in [3.05, 3.63) is 71.5 Å². The van der Waals surface area contributed by atoms with Crippen molar-refractivity contribution < 1.29 is 14.3 Å². The normalized spacial score (nSPS) is 12.3. The minimum atomic E-state index is -0.154. The van der Waals surface area contributed by atoms with E-state index in [-0.39, 0.29) is 12.7 Å². The molecule has 1 aliphatic rings. The van der Waals surface area contributed by atoms with Crippen LogP contribution in [0.4, 0.5) is 0 Å². The van der Waals surface area contributed by atoms with Crippen LogP contribution >= 0.6 is 0 Å². The van der Waals surface area contributed by atoms with Crippen LogP contribution in [-0.4, -0.2) is 27.5 Å². The number of carbonyl (C=O) groups excluding carboxylic acids is 1. The Morgan fingerprint density at radius 3 is 2.80 bits per heavy atom. The minimum absolute atomic E-state index is 0.154. The molecule has 4 aromatic rings. The van der Waals surface area contributed by atoms with Crippen molar-refractivity contribution in [1.82, 2.24) is 20.1 Å². The van der Waals surface area contributed by atoms with E-state index in [4.69, 9.17) is 14.5 Å². The van der Waals surface area contributed by atoms with Gasteiger partial charge in [0.2, 0.25) is 6.79 Å². The number of ether oxygens (including phenoxy) is 2. The van der Waals surface area contributed by atoms with E-state index in [1.165, 1.54) is 0 Å². The van der Waals surface area contributed by atoms with Gasteiger partial charge >= 0.3 is 0 Å². The van der Waals surface area contributed by atoms with Gasteiger partial charge < -0.3 is 14.8 Å². The van der Waals surface area contributed by atoms with Crippen molar-refractivity contribution in [3.63, 3.8) is 0 Å². The maximum Gasteiger partial charge on any atom is 0.252 e. The first-order valence-electron chi connectivity index (χ1n) is 9.65. The van der Waals surface area contributed by atoms with Crippen LogP contribution in [0, 0.1) is 6.92 Å². The minimum Gasteiger partial charge on any atom is -0.454 e. The summed E-state index contributed by atoms with van der Waals surface area (Å²) in [6.45, 7) is 2.56. The molecule has 0 saturated heterocycles. The summed E-state index contributed by atoms with van der Waals surface area (Å²) in [5.41, 5.74) is 4.79. The largest absolute Gasteiger partial charge is 0.454 e. The SMILES string of the molecule is Cc1nn(C)cc1CNC(=O)c1cc(-c2ccc3c(c2)OCO3)nc2ccccc12. The zero-order valence-electron chi connectivity index (χ0n) is 16.7. The number of amides is 1. The summed E-state index contributed by atoms with van der Waals surface area (Å²) < 4.78 is 12.6. The molecule has 0 bridgehead atoms. The maximum atomic E-state index is 13.1. The number of aryl methyl sites for hydroxylation is 2. The fourth-order valence-electron chi connectivity index (χ4n) is 3.66. The third-order valence-electron chi connectivity index (χ3n) is 5.18. The Morgan fingerprint density at radius 1 is 1.13 bits per heavy atom. The molecule has 150 valence electrons. The predicted molar refractivity (Wildman–Crippen MR) is 112 cm³/mol. The zero-order chi connectivity index (χ0) is 20.7. The molecule has 1 amide bonds. The molecule has 1 aliphatic heterocycles. The smallest absolute Gasteiger partial charge is 0.252 e. The number of hydrogen-bond donors (Lipinski definition) is 1. The first-order chi connectivity index (χ1) is 14.6. The highest BCUT2D eigenvalue weighted by atomic mass is 16.7. The topological polar surface area (TPSA) is 78.3 Å². The summed E-state index contributed by atoms with van der Waals surface area (Å²) in [6, 6.07) is 15.1. The van der Waals surface area contributed by atoms with Crippen LogP contribution in [-0.2, 0) is 13.6 Å². The molecule has 0 atom stereocenters. The monoisotopic (exact) mass is 400 g/mol. The number of hydrogen-bond acceptors (Lipinski definition) is 5. The average Bonchev–Trinajstić information content (AvgIpc) is 3.35. The number of nitrogens with one attached hydrogen (secondary N) is 1. The highest BCUT2D eigenvalue weighted by molar-refractivity contribution is 6.07. The van der Waals surface area contributed by atoms with Gasteiger partial charge in [0.15, 0.2) is 11.5 Å². The second-order valence-corrected chi connectivity index (χ2v) is 7.24. The van der Waals surface area contributed by atoms with E-state index in [1.54, 1.807) is 4.68 Å². The number of aromatic nitrogens is 3. The molecule has 3 heterocycles. The Balaban J connectivity index is 1.52. The molecule has 0 aliphatic carbocycles. The van der Waals surface area contributed by atoms with Gasteiger partial charge in [0.1, 0.15) is 0 Å². The fourth-order valence-corrected chi connectivity index (χ4v) is 3.66. The first-order valence-corrected chi connectivity index (χ1v) is 9.65. The van der Waals surface area contributed by atoms with E-state index in [0.717, 1.165) is 27.7 Å². The molecule has 5 rings (SSSR count). The van der Waals surface area contributed by atoms with Crippen LogP contribution in [0.5, 0.6) is 11.5 Å². The number of fused-ring (bicyclic) bond motifs is 2. The van der Waals surface area contributed by atoms with Crippen molar-refractivity contribution in [2.75, 3.05) is 6.79 Å². The van der Waals surface area contributed by atoms with Gasteiger partial charge in [-0.3, -0.25) is 9.48 Å². The average molecular weight is 400 g/mol. The van der Waals surface area contributed by atoms with Crippen molar-refractivity contribution in [2.45, 2.75) is 13.5 Å². The van der Waals surface area contributed by atoms with Crippen molar-refractivity contribution >= 4 is 16.8 Å². The highest BCUT2D eigenvalue weighted by Gasteiger charge is 2.18. The summed E-state index contributed by atoms with van der Waals surface area (Å²) >= 11 is 0. The molecular weight excluding hydrogens is 380 g/mol. The Kier molecular flexibility index (Phi) is 4.35. The van der Waals surface area contributed by atoms with E-state index in [9.17, 15) is 4.79 Å². The molecule has 0 unspecified atom stereocenters. The molecule has 0 radical (unpaired) electrons. The van der Waals surface area contributed by atoms with Crippen LogP contribution < -0.4 is 14.8 Å². The summed E-state index contributed by atoms with van der Waals surface area (Å²) in [7, 11) is 1.87. The van der Waals surface area contributed by atoms with E-state index in [1.807, 2.05) is 68.7 Å². The maximum absolute atomic E-state index is 13.1. The van der Waals surface area contributed by atoms with Gasteiger partial charge in [0, 0.05) is 36.3 Å². The molecule has 0 saturated carbocycles. The molecule has 2 aromatic carbocycles. The van der Waals surface area contributed by atoms with Gasteiger partial charge in [0.25, 0.3) is 5.91 Å². The lowest BCUT2D eigenvalue weighted by Gasteiger charge is -2.11. The third kappa shape index (κ3) is 3.24. The van der Waals surface area contributed by atoms with E-state index >= 15 is 0 Å². The van der Waals surface area contributed by atoms with Crippen LogP contribution in [0.1, 0.15) is 21.6 Å². The highest BCUT2D eigenvalue weighted by Crippen LogP contribution is 2.36. The molecule has 2 aromatic heterocycles. The number of nitrogens with zero attached hydrogens (tertiary/aromatic N) is 3. The van der Waals surface area contributed by atoms with Gasteiger partial charge in [-0.1, -0.05) is 18.2 Å². The van der Waals surface area contributed by atoms with E-state index in [0.29, 0.717) is 29.3 Å². The lowest BCUT2D eigenvalue weighted by atomic mass is 10.0. The Bertz CT molecular complexity index is 1280. The van der Waals surface area contributed by atoms with Crippen molar-refractivity contribution in [3.8, 4) is 22.8 Å². The van der Waals surface area contributed by atoms with Gasteiger partial charge in [-0.15, -0.1) is 0 Å². The Hall–Kier alpha value is -3.87. The second-order valence-electron chi connectivity index (χ2n) is 7.24. The molecule has 7 nitrogen and oxygen atoms in total. The fraction of sp³-hybridized carbons (Fsp3) is 0.174. The van der Waals surface area contributed by atoms with Crippen LogP contribution in [0.15, 0.2) is 54.7 Å². The third-order valence-corrected chi connectivity index (χ3v) is 5.18. The standard InChI is InChI=1S/C23H20N4O3/c1-14-16(12-27(2)26-14)11-24-23(28)18-10-20(25-19-6-4-3-5-17(18)19)15-7-8-21-22(9-15)30-13-29-21/h3-10,12H,11,13H2,1-2H3,(H,24,28). The van der Waals surface area contributed by atoms with Crippen LogP contribution in [0.2, 0.25) is 0 Å². The van der Waals surface area contributed by atoms with Crippen molar-refractivity contribution in [1.29, 1.82) is 0 Å². The van der Waals surface area contributed by atoms with Gasteiger partial charge in [0.05, 0.1) is 22.5 Å². The number of carbonyl (C=O) groups is 1. The molecule has 0 fully saturated rings. The summed E-state index contributed by atoms with van der Waals surface area (Å²) in [5, 5.41) is 8.15. The van der Waals surface area contributed by atoms with Crippen LogP contribution in [0.25, 0.3) is 22.2 Å². The van der Waals surface area contributed by atoms with Gasteiger partial charge in [-0.25, -0.2) is 4.98 Å². The summed E-state index contributed by atoms with van der Waals surface area (Å²) in [6.07, 6.45) is 1.91. The van der Waals surface area contributed by atoms with Crippen molar-refractivity contribution in [2.24, 2.45) is 7.05 Å². The summed E-state index contributed by atoms with van der Waals surface area (Å²) in [4.78, 5) is 17.9. The quantitative estimate of drug-likeness (QED) is 0.566. The lowest BCUT2D eigenvalue weighted by Crippen LogP contribution is -2.23. The van der Waals surface area contributed by atoms with E-state index in [2.05, 4.69) is 10.4 Å². The molecule has 1 N–H and O–H groups in total. The van der Waals surface area contributed by atoms with Gasteiger partial charge in [-0.05, 0) is 37.3 Å². The van der Waals surface area contributed by atoms with Gasteiger partial charge in [-0.2, -0.15) is 5.10 Å². The number of rotatable bonds is 4. The Morgan fingerprint density at radius 2 is 1.97 bits per heavy atom. The summed E-state index contributed by atoms with van der Waals surface area (Å²) in [5.74, 6) is 1.24. The Labute approximate surface area is 173 Å². The van der Waals surface area contributed by atoms with E-state index < -0.39 is 0 Å². The second kappa shape index (κ2) is 7.18.